The number of hydrogen-bond acceptors (Lipinski definition) is 5. The molecular weight excluding hydrogens is 204 g/mol. The highest BCUT2D eigenvalue weighted by molar-refractivity contribution is 7.20. The Bertz CT molecular complexity index is 543. The summed E-state index contributed by atoms with van der Waals surface area (Å²) in [4.78, 5) is 15.3. The Balaban J connectivity index is 2.91. The van der Waals surface area contributed by atoms with E-state index in [1.165, 1.54) is 29.1 Å². The predicted molar refractivity (Wildman–Crippen MR) is 53.1 cm³/mol. The maximum absolute atomic E-state index is 11.3. The average Bonchev–Trinajstić information content (AvgIpc) is 2.58. The van der Waals surface area contributed by atoms with Gasteiger partial charge in [-0.1, -0.05) is 11.3 Å². The lowest BCUT2D eigenvalue weighted by Gasteiger charge is -1.98. The van der Waals surface area contributed by atoms with Crippen LogP contribution in [-0.4, -0.2) is 21.8 Å². The minimum absolute atomic E-state index is 0.0519. The van der Waals surface area contributed by atoms with Crippen LogP contribution >= 0.6 is 11.3 Å². The van der Waals surface area contributed by atoms with E-state index >= 15 is 0 Å². The third-order valence-electron chi connectivity index (χ3n) is 1.91. The van der Waals surface area contributed by atoms with Crippen LogP contribution in [0.4, 0.5) is 0 Å². The van der Waals surface area contributed by atoms with Crippen molar-refractivity contribution in [1.29, 1.82) is 0 Å². The normalized spacial score (nSPS) is 10.7. The first kappa shape index (κ1) is 9.01. The van der Waals surface area contributed by atoms with E-state index in [1.807, 2.05) is 0 Å². The zero-order valence-corrected chi connectivity index (χ0v) is 8.46. The summed E-state index contributed by atoms with van der Waals surface area (Å²) in [6, 6.07) is 1.17. The Morgan fingerprint density at radius 3 is 3.00 bits per heavy atom. The summed E-state index contributed by atoms with van der Waals surface area (Å²) < 4.78 is 6.86. The fourth-order valence-corrected chi connectivity index (χ4v) is 1.99. The average molecular weight is 212 g/mol. The van der Waals surface area contributed by atoms with Gasteiger partial charge in [-0.25, -0.2) is 0 Å². The molecule has 0 unspecified atom stereocenters. The standard InChI is InChI=1S/C8H8N2O3S/c1-10-5(12)3-4(11)6-7(10)9-8(13-2)14-6/h3,11H,1-2H3. The third kappa shape index (κ3) is 1.15. The Morgan fingerprint density at radius 1 is 1.64 bits per heavy atom. The lowest BCUT2D eigenvalue weighted by atomic mass is 10.4. The van der Waals surface area contributed by atoms with Gasteiger partial charge < -0.3 is 9.84 Å². The maximum Gasteiger partial charge on any atom is 0.275 e. The molecule has 0 spiro atoms. The van der Waals surface area contributed by atoms with Crippen LogP contribution < -0.4 is 10.3 Å². The number of thiazole rings is 1. The molecule has 0 fully saturated rings. The highest BCUT2D eigenvalue weighted by Crippen LogP contribution is 2.32. The Hall–Kier alpha value is -1.56. The van der Waals surface area contributed by atoms with Crippen LogP contribution in [0.3, 0.4) is 0 Å². The van der Waals surface area contributed by atoms with E-state index in [2.05, 4.69) is 4.98 Å². The van der Waals surface area contributed by atoms with Crippen molar-refractivity contribution in [3.63, 3.8) is 0 Å². The van der Waals surface area contributed by atoms with Gasteiger partial charge in [-0.3, -0.25) is 9.36 Å². The molecule has 0 aromatic carbocycles. The highest BCUT2D eigenvalue weighted by Gasteiger charge is 2.11. The van der Waals surface area contributed by atoms with E-state index in [9.17, 15) is 9.90 Å². The molecule has 2 heterocycles. The monoisotopic (exact) mass is 212 g/mol. The molecule has 0 saturated heterocycles. The van der Waals surface area contributed by atoms with Gasteiger partial charge in [-0.2, -0.15) is 4.98 Å². The van der Waals surface area contributed by atoms with Crippen molar-refractivity contribution in [2.45, 2.75) is 0 Å². The van der Waals surface area contributed by atoms with Crippen molar-refractivity contribution < 1.29 is 9.84 Å². The van der Waals surface area contributed by atoms with Crippen LogP contribution in [-0.2, 0) is 7.05 Å². The molecule has 74 valence electrons. The fourth-order valence-electron chi connectivity index (χ4n) is 1.16. The van der Waals surface area contributed by atoms with Crippen molar-refractivity contribution in [3.8, 4) is 10.9 Å². The molecule has 0 amide bonds. The number of aromatic nitrogens is 2. The van der Waals surface area contributed by atoms with Crippen LogP contribution in [0.15, 0.2) is 10.9 Å². The van der Waals surface area contributed by atoms with E-state index < -0.39 is 0 Å². The molecule has 2 aromatic rings. The largest absolute Gasteiger partial charge is 0.506 e. The van der Waals surface area contributed by atoms with E-state index in [0.29, 0.717) is 15.5 Å². The zero-order valence-electron chi connectivity index (χ0n) is 7.64. The molecule has 0 bridgehead atoms. The molecule has 0 aliphatic rings. The smallest absolute Gasteiger partial charge is 0.275 e. The van der Waals surface area contributed by atoms with Crippen LogP contribution in [0.1, 0.15) is 0 Å². The summed E-state index contributed by atoms with van der Waals surface area (Å²) in [5, 5.41) is 9.91. The van der Waals surface area contributed by atoms with Crippen LogP contribution in [0.5, 0.6) is 10.9 Å². The molecule has 1 N–H and O–H groups in total. The first-order valence-electron chi connectivity index (χ1n) is 3.87. The summed E-state index contributed by atoms with van der Waals surface area (Å²) in [5.41, 5.74) is 0.153. The van der Waals surface area contributed by atoms with Gasteiger partial charge in [0, 0.05) is 13.1 Å². The number of pyridine rings is 1. The maximum atomic E-state index is 11.3. The van der Waals surface area contributed by atoms with Crippen molar-refractivity contribution in [2.24, 2.45) is 7.05 Å². The van der Waals surface area contributed by atoms with Gasteiger partial charge in [0.05, 0.1) is 7.11 Å². The lowest BCUT2D eigenvalue weighted by Crippen LogP contribution is -2.15. The van der Waals surface area contributed by atoms with Crippen molar-refractivity contribution in [3.05, 3.63) is 16.4 Å². The summed E-state index contributed by atoms with van der Waals surface area (Å²) in [6.07, 6.45) is 0. The summed E-state index contributed by atoms with van der Waals surface area (Å²) in [6.45, 7) is 0. The minimum atomic E-state index is -0.289. The minimum Gasteiger partial charge on any atom is -0.506 e. The topological polar surface area (TPSA) is 64.3 Å². The molecule has 14 heavy (non-hydrogen) atoms. The number of methoxy groups -OCH3 is 1. The van der Waals surface area contributed by atoms with Gasteiger partial charge in [0.15, 0.2) is 5.65 Å². The number of aromatic hydroxyl groups is 1. The molecule has 6 heteroatoms. The van der Waals surface area contributed by atoms with Gasteiger partial charge in [-0.05, 0) is 0 Å². The molecule has 2 aromatic heterocycles. The number of hydrogen-bond donors (Lipinski definition) is 1. The molecule has 0 aliphatic heterocycles. The fraction of sp³-hybridized carbons (Fsp3) is 0.250. The SMILES string of the molecule is COc1nc2c(s1)c(O)cc(=O)n2C. The van der Waals surface area contributed by atoms with Gasteiger partial charge in [0.1, 0.15) is 10.4 Å². The molecule has 0 atom stereocenters. The van der Waals surface area contributed by atoms with Gasteiger partial charge in [0.2, 0.25) is 0 Å². The highest BCUT2D eigenvalue weighted by atomic mass is 32.1. The molecule has 0 saturated carbocycles. The zero-order chi connectivity index (χ0) is 10.3. The summed E-state index contributed by atoms with van der Waals surface area (Å²) in [7, 11) is 3.09. The molecule has 0 aliphatic carbocycles. The first-order valence-corrected chi connectivity index (χ1v) is 4.68. The van der Waals surface area contributed by atoms with E-state index in [1.54, 1.807) is 7.05 Å². The van der Waals surface area contributed by atoms with Gasteiger partial charge >= 0.3 is 0 Å². The number of ether oxygens (including phenoxy) is 1. The van der Waals surface area contributed by atoms with Crippen LogP contribution in [0.25, 0.3) is 10.3 Å². The van der Waals surface area contributed by atoms with Crippen LogP contribution in [0.2, 0.25) is 0 Å². The van der Waals surface area contributed by atoms with Crippen LogP contribution in [0, 0.1) is 0 Å². The van der Waals surface area contributed by atoms with Gasteiger partial charge in [0.25, 0.3) is 10.8 Å². The Kier molecular flexibility index (Phi) is 1.92. The van der Waals surface area contributed by atoms with Crippen molar-refractivity contribution >= 4 is 21.7 Å². The van der Waals surface area contributed by atoms with Crippen molar-refractivity contribution in [1.82, 2.24) is 9.55 Å². The number of fused-ring (bicyclic) bond motifs is 1. The van der Waals surface area contributed by atoms with E-state index in [-0.39, 0.29) is 11.3 Å². The second-order valence-electron chi connectivity index (χ2n) is 2.76. The Labute approximate surface area is 83.2 Å². The van der Waals surface area contributed by atoms with Gasteiger partial charge in [-0.15, -0.1) is 0 Å². The summed E-state index contributed by atoms with van der Waals surface area (Å²) in [5.74, 6) is -0.0519. The molecular formula is C8H8N2O3S. The first-order chi connectivity index (χ1) is 6.63. The quantitative estimate of drug-likeness (QED) is 0.756. The van der Waals surface area contributed by atoms with E-state index in [0.717, 1.165) is 0 Å². The molecule has 5 nitrogen and oxygen atoms in total. The number of nitrogens with zero attached hydrogens (tertiary/aromatic N) is 2. The second-order valence-corrected chi connectivity index (χ2v) is 3.73. The molecule has 0 radical (unpaired) electrons. The van der Waals surface area contributed by atoms with E-state index in [4.69, 9.17) is 4.74 Å². The van der Waals surface area contributed by atoms with Crippen molar-refractivity contribution in [2.75, 3.05) is 7.11 Å². The number of aryl methyl sites for hydroxylation is 1. The second kappa shape index (κ2) is 2.98. The lowest BCUT2D eigenvalue weighted by molar-refractivity contribution is 0.412. The predicted octanol–water partition coefficient (Wildman–Crippen LogP) is 0.709. The third-order valence-corrected chi connectivity index (χ3v) is 2.93. The summed E-state index contributed by atoms with van der Waals surface area (Å²) >= 11 is 1.20. The molecule has 2 rings (SSSR count). The Morgan fingerprint density at radius 2 is 2.36 bits per heavy atom. The number of rotatable bonds is 1.